The van der Waals surface area contributed by atoms with Crippen molar-refractivity contribution in [2.75, 3.05) is 20.3 Å². The second-order valence-electron chi connectivity index (χ2n) is 5.46. The van der Waals surface area contributed by atoms with Crippen molar-refractivity contribution in [3.8, 4) is 5.75 Å². The van der Waals surface area contributed by atoms with Crippen molar-refractivity contribution in [3.05, 3.63) is 29.8 Å². The summed E-state index contributed by atoms with van der Waals surface area (Å²) in [5, 5.41) is 6.32. The molecule has 2 rings (SSSR count). The van der Waals surface area contributed by atoms with Gasteiger partial charge in [-0.1, -0.05) is 12.1 Å². The molecule has 2 N–H and O–H groups in total. The highest BCUT2D eigenvalue weighted by molar-refractivity contribution is 5.81. The van der Waals surface area contributed by atoms with Crippen LogP contribution in [0.3, 0.4) is 0 Å². The number of amides is 1. The van der Waals surface area contributed by atoms with Gasteiger partial charge in [-0.3, -0.25) is 10.1 Å². The molecule has 1 aliphatic heterocycles. The average molecular weight is 292 g/mol. The molecule has 0 saturated carbocycles. The van der Waals surface area contributed by atoms with Gasteiger partial charge in [-0.05, 0) is 38.0 Å². The van der Waals surface area contributed by atoms with Crippen LogP contribution in [0.5, 0.6) is 5.75 Å². The molecular weight excluding hydrogens is 268 g/mol. The van der Waals surface area contributed by atoms with Crippen molar-refractivity contribution in [2.24, 2.45) is 0 Å². The number of hydrogen-bond acceptors (Lipinski definition) is 4. The van der Waals surface area contributed by atoms with E-state index in [1.807, 2.05) is 38.1 Å². The first-order valence-electron chi connectivity index (χ1n) is 7.38. The highest BCUT2D eigenvalue weighted by Crippen LogP contribution is 2.19. The maximum atomic E-state index is 12.1. The second kappa shape index (κ2) is 7.43. The molecule has 1 saturated heterocycles. The van der Waals surface area contributed by atoms with E-state index in [2.05, 4.69) is 10.6 Å². The molecule has 0 aliphatic carbocycles. The van der Waals surface area contributed by atoms with Gasteiger partial charge in [0.25, 0.3) is 0 Å². The zero-order chi connectivity index (χ0) is 15.2. The molecule has 0 radical (unpaired) electrons. The minimum absolute atomic E-state index is 0.0141. The third kappa shape index (κ3) is 4.44. The highest BCUT2D eigenvalue weighted by atomic mass is 16.5. The SMILES string of the molecule is COc1cccc([C@H](C)N[C@H](C)C(=O)N[C@H]2CCOC2)c1. The molecule has 1 amide bonds. The summed E-state index contributed by atoms with van der Waals surface area (Å²) in [5.41, 5.74) is 1.10. The number of nitrogens with one attached hydrogen (secondary N) is 2. The Hall–Kier alpha value is -1.59. The highest BCUT2D eigenvalue weighted by Gasteiger charge is 2.22. The van der Waals surface area contributed by atoms with Gasteiger partial charge < -0.3 is 14.8 Å². The van der Waals surface area contributed by atoms with Crippen LogP contribution >= 0.6 is 0 Å². The van der Waals surface area contributed by atoms with E-state index in [4.69, 9.17) is 9.47 Å². The Morgan fingerprint density at radius 2 is 2.24 bits per heavy atom. The molecule has 5 heteroatoms. The van der Waals surface area contributed by atoms with Gasteiger partial charge in [0, 0.05) is 12.6 Å². The van der Waals surface area contributed by atoms with Crippen molar-refractivity contribution in [1.82, 2.24) is 10.6 Å². The van der Waals surface area contributed by atoms with Crippen molar-refractivity contribution in [1.29, 1.82) is 0 Å². The van der Waals surface area contributed by atoms with Crippen molar-refractivity contribution in [3.63, 3.8) is 0 Å². The maximum Gasteiger partial charge on any atom is 0.237 e. The minimum atomic E-state index is -0.258. The summed E-state index contributed by atoms with van der Waals surface area (Å²) >= 11 is 0. The van der Waals surface area contributed by atoms with Gasteiger partial charge >= 0.3 is 0 Å². The molecule has 3 atom stereocenters. The fourth-order valence-electron chi connectivity index (χ4n) is 2.43. The third-order valence-electron chi connectivity index (χ3n) is 3.76. The van der Waals surface area contributed by atoms with Crippen molar-refractivity contribution < 1.29 is 14.3 Å². The molecule has 1 aromatic carbocycles. The Labute approximate surface area is 126 Å². The van der Waals surface area contributed by atoms with Crippen LogP contribution in [0.2, 0.25) is 0 Å². The normalized spacial score (nSPS) is 20.8. The minimum Gasteiger partial charge on any atom is -0.497 e. The van der Waals surface area contributed by atoms with Gasteiger partial charge in [0.15, 0.2) is 0 Å². The molecule has 0 spiro atoms. The van der Waals surface area contributed by atoms with E-state index in [0.717, 1.165) is 24.3 Å². The predicted molar refractivity (Wildman–Crippen MR) is 81.4 cm³/mol. The van der Waals surface area contributed by atoms with Crippen LogP contribution in [-0.2, 0) is 9.53 Å². The Kier molecular flexibility index (Phi) is 5.59. The maximum absolute atomic E-state index is 12.1. The van der Waals surface area contributed by atoms with Gasteiger partial charge in [0.1, 0.15) is 5.75 Å². The van der Waals surface area contributed by atoms with E-state index in [1.165, 1.54) is 0 Å². The molecule has 0 unspecified atom stereocenters. The largest absolute Gasteiger partial charge is 0.497 e. The Morgan fingerprint density at radius 1 is 1.43 bits per heavy atom. The number of carbonyl (C=O) groups excluding carboxylic acids is 1. The Bertz CT molecular complexity index is 472. The summed E-state index contributed by atoms with van der Waals surface area (Å²) in [4.78, 5) is 12.1. The number of carbonyl (C=O) groups is 1. The fraction of sp³-hybridized carbons (Fsp3) is 0.562. The summed E-state index contributed by atoms with van der Waals surface area (Å²) in [5.74, 6) is 0.835. The van der Waals surface area contributed by atoms with Gasteiger partial charge in [-0.2, -0.15) is 0 Å². The van der Waals surface area contributed by atoms with Gasteiger partial charge in [0.05, 0.1) is 25.8 Å². The predicted octanol–water partition coefficient (Wildman–Crippen LogP) is 1.64. The van der Waals surface area contributed by atoms with Crippen LogP contribution in [0.4, 0.5) is 0 Å². The van der Waals surface area contributed by atoms with Gasteiger partial charge in [-0.15, -0.1) is 0 Å². The monoisotopic (exact) mass is 292 g/mol. The molecule has 1 aliphatic rings. The Balaban J connectivity index is 1.88. The third-order valence-corrected chi connectivity index (χ3v) is 3.76. The van der Waals surface area contributed by atoms with E-state index in [9.17, 15) is 4.79 Å². The molecule has 5 nitrogen and oxygen atoms in total. The number of methoxy groups -OCH3 is 1. The summed E-state index contributed by atoms with van der Waals surface area (Å²) in [6, 6.07) is 7.82. The quantitative estimate of drug-likeness (QED) is 0.837. The zero-order valence-electron chi connectivity index (χ0n) is 12.9. The van der Waals surface area contributed by atoms with Crippen molar-refractivity contribution >= 4 is 5.91 Å². The Morgan fingerprint density at radius 3 is 2.90 bits per heavy atom. The number of hydrogen-bond donors (Lipinski definition) is 2. The lowest BCUT2D eigenvalue weighted by Gasteiger charge is -2.21. The van der Waals surface area contributed by atoms with E-state index in [0.29, 0.717) is 6.61 Å². The van der Waals surface area contributed by atoms with Crippen LogP contribution in [0.15, 0.2) is 24.3 Å². The summed E-state index contributed by atoms with van der Waals surface area (Å²) in [6.45, 7) is 5.26. The molecule has 1 fully saturated rings. The van der Waals surface area contributed by atoms with Gasteiger partial charge in [0.2, 0.25) is 5.91 Å². The van der Waals surface area contributed by atoms with Crippen molar-refractivity contribution in [2.45, 2.75) is 38.4 Å². The zero-order valence-corrected chi connectivity index (χ0v) is 12.9. The summed E-state index contributed by atoms with van der Waals surface area (Å²) in [7, 11) is 1.65. The lowest BCUT2D eigenvalue weighted by Crippen LogP contribution is -2.47. The van der Waals surface area contributed by atoms with Gasteiger partial charge in [-0.25, -0.2) is 0 Å². The standard InChI is InChI=1S/C16H24N2O3/c1-11(13-5-4-6-15(9-13)20-3)17-12(2)16(19)18-14-7-8-21-10-14/h4-6,9,11-12,14,17H,7-8,10H2,1-3H3,(H,18,19)/t11-,12+,14-/m0/s1. The van der Waals surface area contributed by atoms with Crippen LogP contribution in [0.1, 0.15) is 31.9 Å². The summed E-state index contributed by atoms with van der Waals surface area (Å²) in [6.07, 6.45) is 0.893. The number of benzene rings is 1. The molecule has 1 heterocycles. The number of rotatable bonds is 6. The first-order chi connectivity index (χ1) is 10.1. The van der Waals surface area contributed by atoms with E-state index < -0.39 is 0 Å². The molecule has 21 heavy (non-hydrogen) atoms. The lowest BCUT2D eigenvalue weighted by atomic mass is 10.1. The second-order valence-corrected chi connectivity index (χ2v) is 5.46. The van der Waals surface area contributed by atoms with E-state index in [1.54, 1.807) is 7.11 Å². The topological polar surface area (TPSA) is 59.6 Å². The van der Waals surface area contributed by atoms with Crippen LogP contribution < -0.4 is 15.4 Å². The number of ether oxygens (including phenoxy) is 2. The first kappa shape index (κ1) is 15.8. The van der Waals surface area contributed by atoms with E-state index >= 15 is 0 Å². The molecule has 0 aromatic heterocycles. The van der Waals surface area contributed by atoms with Crippen LogP contribution in [-0.4, -0.2) is 38.3 Å². The van der Waals surface area contributed by atoms with Crippen LogP contribution in [0.25, 0.3) is 0 Å². The first-order valence-corrected chi connectivity index (χ1v) is 7.38. The smallest absolute Gasteiger partial charge is 0.237 e. The lowest BCUT2D eigenvalue weighted by molar-refractivity contribution is -0.123. The molecular formula is C16H24N2O3. The fourth-order valence-corrected chi connectivity index (χ4v) is 2.43. The van der Waals surface area contributed by atoms with E-state index in [-0.39, 0.29) is 24.0 Å². The molecule has 116 valence electrons. The average Bonchev–Trinajstić information content (AvgIpc) is 3.00. The molecule has 1 aromatic rings. The summed E-state index contributed by atoms with van der Waals surface area (Å²) < 4.78 is 10.5. The molecule has 0 bridgehead atoms. The van der Waals surface area contributed by atoms with Crippen LogP contribution in [0, 0.1) is 0 Å².